The summed E-state index contributed by atoms with van der Waals surface area (Å²) in [5.74, 6) is -0.233. The van der Waals surface area contributed by atoms with Crippen LogP contribution in [-0.2, 0) is 6.54 Å². The van der Waals surface area contributed by atoms with Gasteiger partial charge >= 0.3 is 0 Å². The molecule has 0 fully saturated rings. The summed E-state index contributed by atoms with van der Waals surface area (Å²) < 4.78 is 13.6. The van der Waals surface area contributed by atoms with Crippen LogP contribution in [-0.4, -0.2) is 4.98 Å². The van der Waals surface area contributed by atoms with E-state index in [-0.39, 0.29) is 11.9 Å². The fourth-order valence-corrected chi connectivity index (χ4v) is 2.42. The summed E-state index contributed by atoms with van der Waals surface area (Å²) in [5, 5.41) is 3.38. The van der Waals surface area contributed by atoms with Crippen molar-refractivity contribution in [2.45, 2.75) is 19.5 Å². The van der Waals surface area contributed by atoms with Crippen LogP contribution in [0.25, 0.3) is 0 Å². The van der Waals surface area contributed by atoms with Gasteiger partial charge in [-0.05, 0) is 40.5 Å². The fourth-order valence-electron chi connectivity index (χ4n) is 1.48. The van der Waals surface area contributed by atoms with Crippen molar-refractivity contribution in [3.05, 3.63) is 50.6 Å². The molecule has 2 nitrogen and oxygen atoms in total. The van der Waals surface area contributed by atoms with E-state index in [0.717, 1.165) is 12.1 Å². The lowest BCUT2D eigenvalue weighted by molar-refractivity contribution is 0.573. The van der Waals surface area contributed by atoms with Gasteiger partial charge in [-0.2, -0.15) is 0 Å². The van der Waals surface area contributed by atoms with Gasteiger partial charge in [-0.1, -0.05) is 6.07 Å². The number of nitrogens with zero attached hydrogens (tertiary/aromatic N) is 1. The molecule has 1 atom stereocenters. The van der Waals surface area contributed by atoms with Gasteiger partial charge in [-0.3, -0.25) is 4.98 Å². The molecule has 0 saturated heterocycles. The molecule has 1 unspecified atom stereocenters. The van der Waals surface area contributed by atoms with Crippen LogP contribution in [0, 0.1) is 5.82 Å². The van der Waals surface area contributed by atoms with E-state index in [0.29, 0.717) is 4.47 Å². The molecule has 2 aromatic rings. The van der Waals surface area contributed by atoms with Crippen LogP contribution >= 0.6 is 27.3 Å². The van der Waals surface area contributed by atoms with Gasteiger partial charge in [0, 0.05) is 23.7 Å². The lowest BCUT2D eigenvalue weighted by atomic mass is 10.1. The molecule has 0 spiro atoms. The van der Waals surface area contributed by atoms with Crippen molar-refractivity contribution in [2.75, 3.05) is 0 Å². The smallest absolute Gasteiger partial charge is 0.137 e. The molecule has 17 heavy (non-hydrogen) atoms. The molecule has 0 aliphatic carbocycles. The minimum absolute atomic E-state index is 0.175. The summed E-state index contributed by atoms with van der Waals surface area (Å²) in [4.78, 5) is 5.21. The van der Waals surface area contributed by atoms with E-state index in [1.165, 1.54) is 10.9 Å². The van der Waals surface area contributed by atoms with E-state index in [2.05, 4.69) is 33.2 Å². The van der Waals surface area contributed by atoms with Crippen molar-refractivity contribution in [1.82, 2.24) is 10.3 Å². The number of hydrogen-bond donors (Lipinski definition) is 1. The zero-order chi connectivity index (χ0) is 12.3. The maximum absolute atomic E-state index is 13.1. The molecule has 0 aliphatic heterocycles. The minimum atomic E-state index is -0.233. The summed E-state index contributed by atoms with van der Waals surface area (Å²) in [6.07, 6.45) is 1.85. The maximum atomic E-state index is 13.1. The Morgan fingerprint density at radius 1 is 1.53 bits per heavy atom. The highest BCUT2D eigenvalue weighted by Crippen LogP contribution is 2.21. The number of benzene rings is 1. The molecule has 1 aromatic heterocycles. The molecule has 0 saturated carbocycles. The van der Waals surface area contributed by atoms with Crippen molar-refractivity contribution in [3.63, 3.8) is 0 Å². The molecule has 90 valence electrons. The van der Waals surface area contributed by atoms with Crippen LogP contribution in [0.5, 0.6) is 0 Å². The second kappa shape index (κ2) is 5.71. The van der Waals surface area contributed by atoms with Gasteiger partial charge in [-0.25, -0.2) is 4.39 Å². The zero-order valence-corrected chi connectivity index (χ0v) is 11.7. The fraction of sp³-hybridized carbons (Fsp3) is 0.250. The Kier molecular flexibility index (Phi) is 4.25. The second-order valence-electron chi connectivity index (χ2n) is 3.74. The Morgan fingerprint density at radius 2 is 2.35 bits per heavy atom. The third-order valence-corrected chi connectivity index (χ3v) is 3.90. The van der Waals surface area contributed by atoms with Gasteiger partial charge in [0.25, 0.3) is 0 Å². The van der Waals surface area contributed by atoms with Crippen LogP contribution < -0.4 is 5.32 Å². The number of nitrogens with one attached hydrogen (secondary N) is 1. The number of rotatable bonds is 4. The van der Waals surface area contributed by atoms with Crippen LogP contribution in [0.2, 0.25) is 0 Å². The van der Waals surface area contributed by atoms with Crippen molar-refractivity contribution in [2.24, 2.45) is 0 Å². The van der Waals surface area contributed by atoms with Gasteiger partial charge in [-0.15, -0.1) is 11.3 Å². The largest absolute Gasteiger partial charge is 0.305 e. The topological polar surface area (TPSA) is 24.9 Å². The predicted molar refractivity (Wildman–Crippen MR) is 71.5 cm³/mol. The predicted octanol–water partition coefficient (Wildman–Crippen LogP) is 3.90. The first kappa shape index (κ1) is 12.7. The van der Waals surface area contributed by atoms with E-state index in [1.54, 1.807) is 23.5 Å². The van der Waals surface area contributed by atoms with Crippen molar-refractivity contribution in [1.29, 1.82) is 0 Å². The lowest BCUT2D eigenvalue weighted by Gasteiger charge is -2.13. The number of halogens is 2. The van der Waals surface area contributed by atoms with Gasteiger partial charge < -0.3 is 5.32 Å². The molecular formula is C12H12BrFN2S. The zero-order valence-electron chi connectivity index (χ0n) is 9.28. The molecule has 0 aliphatic rings. The highest BCUT2D eigenvalue weighted by atomic mass is 79.9. The molecule has 1 N–H and O–H groups in total. The molecular weight excluding hydrogens is 303 g/mol. The van der Waals surface area contributed by atoms with Crippen LogP contribution in [0.15, 0.2) is 34.4 Å². The first-order valence-electron chi connectivity index (χ1n) is 5.22. The molecule has 1 aromatic carbocycles. The lowest BCUT2D eigenvalue weighted by Crippen LogP contribution is -2.17. The Hall–Kier alpha value is -0.780. The molecule has 5 heteroatoms. The highest BCUT2D eigenvalue weighted by molar-refractivity contribution is 9.10. The normalized spacial score (nSPS) is 12.6. The Balaban J connectivity index is 1.99. The third kappa shape index (κ3) is 3.34. The summed E-state index contributed by atoms with van der Waals surface area (Å²) >= 11 is 4.82. The summed E-state index contributed by atoms with van der Waals surface area (Å²) in [5.41, 5.74) is 2.87. The van der Waals surface area contributed by atoms with Gasteiger partial charge in [0.05, 0.1) is 9.98 Å². The van der Waals surface area contributed by atoms with Crippen LogP contribution in [0.1, 0.15) is 23.4 Å². The summed E-state index contributed by atoms with van der Waals surface area (Å²) in [7, 11) is 0. The third-order valence-electron chi connectivity index (χ3n) is 2.51. The Morgan fingerprint density at radius 3 is 3.00 bits per heavy atom. The highest BCUT2D eigenvalue weighted by Gasteiger charge is 2.07. The van der Waals surface area contributed by atoms with Gasteiger partial charge in [0.2, 0.25) is 0 Å². The molecule has 0 bridgehead atoms. The number of thiazole rings is 1. The van der Waals surface area contributed by atoms with Crippen molar-refractivity contribution < 1.29 is 4.39 Å². The Bertz CT molecular complexity index is 487. The quantitative estimate of drug-likeness (QED) is 0.926. The van der Waals surface area contributed by atoms with E-state index < -0.39 is 0 Å². The van der Waals surface area contributed by atoms with Crippen molar-refractivity contribution >= 4 is 27.3 Å². The number of aromatic nitrogens is 1. The van der Waals surface area contributed by atoms with Crippen LogP contribution in [0.3, 0.4) is 0 Å². The Labute approximate surface area is 112 Å². The molecule has 0 radical (unpaired) electrons. The van der Waals surface area contributed by atoms with Crippen molar-refractivity contribution in [3.8, 4) is 0 Å². The second-order valence-corrected chi connectivity index (χ2v) is 5.57. The standard InChI is InChI=1S/C12H12BrFN2S/c1-8(16-6-10-5-15-7-17-10)9-2-3-12(14)11(13)4-9/h2-5,7-8,16H,6H2,1H3. The van der Waals surface area contributed by atoms with Gasteiger partial charge in [0.15, 0.2) is 0 Å². The summed E-state index contributed by atoms with van der Waals surface area (Å²) in [6, 6.07) is 5.25. The average Bonchev–Trinajstić information content (AvgIpc) is 2.82. The van der Waals surface area contributed by atoms with Crippen LogP contribution in [0.4, 0.5) is 4.39 Å². The van der Waals surface area contributed by atoms with E-state index in [4.69, 9.17) is 0 Å². The van der Waals surface area contributed by atoms with Gasteiger partial charge in [0.1, 0.15) is 5.82 Å². The first-order valence-corrected chi connectivity index (χ1v) is 6.90. The maximum Gasteiger partial charge on any atom is 0.137 e. The SMILES string of the molecule is CC(NCc1cncs1)c1ccc(F)c(Br)c1. The summed E-state index contributed by atoms with van der Waals surface area (Å²) in [6.45, 7) is 2.83. The molecule has 0 amide bonds. The van der Waals surface area contributed by atoms with E-state index in [9.17, 15) is 4.39 Å². The monoisotopic (exact) mass is 314 g/mol. The van der Waals surface area contributed by atoms with E-state index >= 15 is 0 Å². The minimum Gasteiger partial charge on any atom is -0.305 e. The molecule has 2 rings (SSSR count). The average molecular weight is 315 g/mol. The molecule has 1 heterocycles. The van der Waals surface area contributed by atoms with E-state index in [1.807, 2.05) is 11.7 Å². The first-order chi connectivity index (χ1) is 8.16. The number of hydrogen-bond acceptors (Lipinski definition) is 3.